The average Bonchev–Trinajstić information content (AvgIpc) is 2.30. The van der Waals surface area contributed by atoms with Gasteiger partial charge in [0, 0.05) is 24.7 Å². The molecule has 0 aromatic heterocycles. The van der Waals surface area contributed by atoms with Gasteiger partial charge in [0.05, 0.1) is 0 Å². The summed E-state index contributed by atoms with van der Waals surface area (Å²) >= 11 is 0. The van der Waals surface area contributed by atoms with E-state index in [1.54, 1.807) is 0 Å². The third-order valence-electron chi connectivity index (χ3n) is 4.35. The molecule has 0 saturated carbocycles. The lowest BCUT2D eigenvalue weighted by Gasteiger charge is -2.41. The first-order chi connectivity index (χ1) is 7.61. The molecule has 0 radical (unpaired) electrons. The van der Waals surface area contributed by atoms with Crippen molar-refractivity contribution in [1.82, 2.24) is 10.2 Å². The Morgan fingerprint density at radius 2 is 1.88 bits per heavy atom. The van der Waals surface area contributed by atoms with Gasteiger partial charge in [-0.15, -0.1) is 0 Å². The summed E-state index contributed by atoms with van der Waals surface area (Å²) in [4.78, 5) is 2.68. The van der Waals surface area contributed by atoms with Crippen molar-refractivity contribution < 1.29 is 0 Å². The zero-order chi connectivity index (χ0) is 12.0. The molecule has 1 aliphatic heterocycles. The molecule has 1 N–H and O–H groups in total. The number of piperidine rings is 1. The molecule has 1 rings (SSSR count). The first-order valence-electron chi connectivity index (χ1n) is 7.04. The van der Waals surface area contributed by atoms with Crippen LogP contribution in [0.4, 0.5) is 0 Å². The van der Waals surface area contributed by atoms with Crippen LogP contribution in [-0.2, 0) is 0 Å². The van der Waals surface area contributed by atoms with Gasteiger partial charge >= 0.3 is 0 Å². The lowest BCUT2D eigenvalue weighted by molar-refractivity contribution is 0.112. The fourth-order valence-electron chi connectivity index (χ4n) is 2.58. The van der Waals surface area contributed by atoms with Gasteiger partial charge < -0.3 is 10.2 Å². The molecule has 0 aromatic carbocycles. The highest BCUT2D eigenvalue weighted by Crippen LogP contribution is 2.23. The quantitative estimate of drug-likeness (QED) is 0.700. The summed E-state index contributed by atoms with van der Waals surface area (Å²) in [5.41, 5.74) is 0.389. The molecule has 1 unspecified atom stereocenters. The highest BCUT2D eigenvalue weighted by molar-refractivity contribution is 4.89. The van der Waals surface area contributed by atoms with Gasteiger partial charge in [0.1, 0.15) is 0 Å². The summed E-state index contributed by atoms with van der Waals surface area (Å²) in [6.07, 6.45) is 8.10. The number of rotatable bonds is 6. The summed E-state index contributed by atoms with van der Waals surface area (Å²) in [5.74, 6) is 0. The fourth-order valence-corrected chi connectivity index (χ4v) is 2.58. The van der Waals surface area contributed by atoms with Crippen molar-refractivity contribution in [3.63, 3.8) is 0 Å². The summed E-state index contributed by atoms with van der Waals surface area (Å²) in [6.45, 7) is 9.57. The molecule has 1 saturated heterocycles. The minimum absolute atomic E-state index is 0.389. The monoisotopic (exact) mass is 226 g/mol. The average molecular weight is 226 g/mol. The van der Waals surface area contributed by atoms with Crippen LogP contribution >= 0.6 is 0 Å². The molecule has 1 heterocycles. The van der Waals surface area contributed by atoms with E-state index in [-0.39, 0.29) is 0 Å². The molecule has 2 heteroatoms. The lowest BCUT2D eigenvalue weighted by atomic mass is 9.89. The van der Waals surface area contributed by atoms with E-state index in [0.717, 1.165) is 6.04 Å². The van der Waals surface area contributed by atoms with Gasteiger partial charge in [-0.05, 0) is 40.2 Å². The van der Waals surface area contributed by atoms with Gasteiger partial charge in [-0.25, -0.2) is 0 Å². The largest absolute Gasteiger partial charge is 0.314 e. The molecule has 16 heavy (non-hydrogen) atoms. The van der Waals surface area contributed by atoms with E-state index in [1.165, 1.54) is 51.6 Å². The summed E-state index contributed by atoms with van der Waals surface area (Å²) in [7, 11) is 2.10. The van der Waals surface area contributed by atoms with Crippen LogP contribution in [0.25, 0.3) is 0 Å². The number of likely N-dealkylation sites (tertiary alicyclic amines) is 1. The maximum absolute atomic E-state index is 3.47. The molecule has 0 spiro atoms. The maximum Gasteiger partial charge on any atom is 0.0174 e. The highest BCUT2D eigenvalue weighted by atomic mass is 15.2. The fraction of sp³-hybridized carbons (Fsp3) is 1.00. The molecular formula is C14H30N2. The molecule has 1 fully saturated rings. The second kappa shape index (κ2) is 6.61. The molecule has 0 aromatic rings. The second-order valence-corrected chi connectivity index (χ2v) is 5.69. The van der Waals surface area contributed by atoms with Crippen molar-refractivity contribution in [3.8, 4) is 0 Å². The Morgan fingerprint density at radius 1 is 1.25 bits per heavy atom. The van der Waals surface area contributed by atoms with Crippen molar-refractivity contribution in [2.75, 3.05) is 20.1 Å². The first kappa shape index (κ1) is 14.0. The Morgan fingerprint density at radius 3 is 2.38 bits per heavy atom. The standard InChI is InChI=1S/C14H30N2/c1-5-6-7-8-13(2)16-11-9-14(3,15-4)10-12-16/h13,15H,5-12H2,1-4H3. The molecule has 0 bridgehead atoms. The van der Waals surface area contributed by atoms with Crippen molar-refractivity contribution in [2.24, 2.45) is 0 Å². The predicted molar refractivity (Wildman–Crippen MR) is 71.9 cm³/mol. The Kier molecular flexibility index (Phi) is 5.77. The van der Waals surface area contributed by atoms with Gasteiger partial charge in [0.25, 0.3) is 0 Å². The Bertz CT molecular complexity index is 183. The predicted octanol–water partition coefficient (Wildman–Crippen LogP) is 3.03. The minimum Gasteiger partial charge on any atom is -0.314 e. The summed E-state index contributed by atoms with van der Waals surface area (Å²) in [5, 5.41) is 3.47. The molecule has 96 valence electrons. The highest BCUT2D eigenvalue weighted by Gasteiger charge is 2.29. The van der Waals surface area contributed by atoms with Crippen LogP contribution in [-0.4, -0.2) is 36.6 Å². The second-order valence-electron chi connectivity index (χ2n) is 5.69. The van der Waals surface area contributed by atoms with Crippen molar-refractivity contribution >= 4 is 0 Å². The summed E-state index contributed by atoms with van der Waals surface area (Å²) < 4.78 is 0. The first-order valence-corrected chi connectivity index (χ1v) is 7.04. The van der Waals surface area contributed by atoms with E-state index >= 15 is 0 Å². The Balaban J connectivity index is 2.24. The van der Waals surface area contributed by atoms with Crippen LogP contribution in [0.3, 0.4) is 0 Å². The topological polar surface area (TPSA) is 15.3 Å². The van der Waals surface area contributed by atoms with E-state index < -0.39 is 0 Å². The van der Waals surface area contributed by atoms with E-state index in [9.17, 15) is 0 Å². The van der Waals surface area contributed by atoms with Crippen molar-refractivity contribution in [1.29, 1.82) is 0 Å². The zero-order valence-electron chi connectivity index (χ0n) is 11.7. The van der Waals surface area contributed by atoms with E-state index in [2.05, 4.69) is 38.0 Å². The molecule has 1 aliphatic rings. The van der Waals surface area contributed by atoms with E-state index in [1.807, 2.05) is 0 Å². The number of hydrogen-bond donors (Lipinski definition) is 1. The van der Waals surface area contributed by atoms with Gasteiger partial charge in [-0.3, -0.25) is 0 Å². The number of hydrogen-bond acceptors (Lipinski definition) is 2. The SMILES string of the molecule is CCCCCC(C)N1CCC(C)(NC)CC1. The number of nitrogens with one attached hydrogen (secondary N) is 1. The van der Waals surface area contributed by atoms with Crippen LogP contribution < -0.4 is 5.32 Å². The smallest absolute Gasteiger partial charge is 0.0174 e. The zero-order valence-corrected chi connectivity index (χ0v) is 11.7. The normalized spacial score (nSPS) is 23.2. The van der Waals surface area contributed by atoms with Crippen molar-refractivity contribution in [2.45, 2.75) is 70.9 Å². The Hall–Kier alpha value is -0.0800. The molecule has 2 nitrogen and oxygen atoms in total. The molecule has 0 amide bonds. The van der Waals surface area contributed by atoms with Crippen LogP contribution in [0.1, 0.15) is 59.3 Å². The van der Waals surface area contributed by atoms with E-state index in [4.69, 9.17) is 0 Å². The lowest BCUT2D eigenvalue weighted by Crippen LogP contribution is -2.51. The summed E-state index contributed by atoms with van der Waals surface area (Å²) in [6, 6.07) is 0.785. The molecule has 1 atom stereocenters. The maximum atomic E-state index is 3.47. The number of nitrogens with zero attached hydrogens (tertiary/aromatic N) is 1. The minimum atomic E-state index is 0.389. The third kappa shape index (κ3) is 4.06. The van der Waals surface area contributed by atoms with Gasteiger partial charge in [-0.1, -0.05) is 26.2 Å². The van der Waals surface area contributed by atoms with Gasteiger partial charge in [-0.2, -0.15) is 0 Å². The van der Waals surface area contributed by atoms with Gasteiger partial charge in [0.2, 0.25) is 0 Å². The van der Waals surface area contributed by atoms with Crippen LogP contribution in [0.15, 0.2) is 0 Å². The van der Waals surface area contributed by atoms with Crippen LogP contribution in [0.5, 0.6) is 0 Å². The number of unbranched alkanes of at least 4 members (excludes halogenated alkanes) is 2. The van der Waals surface area contributed by atoms with E-state index in [0.29, 0.717) is 5.54 Å². The Labute approximate surface area is 102 Å². The van der Waals surface area contributed by atoms with Gasteiger partial charge in [0.15, 0.2) is 0 Å². The van der Waals surface area contributed by atoms with Crippen molar-refractivity contribution in [3.05, 3.63) is 0 Å². The van der Waals surface area contributed by atoms with Crippen LogP contribution in [0.2, 0.25) is 0 Å². The van der Waals surface area contributed by atoms with Crippen LogP contribution in [0, 0.1) is 0 Å². The molecular weight excluding hydrogens is 196 g/mol. The third-order valence-corrected chi connectivity index (χ3v) is 4.35. The molecule has 0 aliphatic carbocycles.